The molecule has 0 fully saturated rings. The molecular formula is C23H30N2O3. The number of hydrogen-bond donors (Lipinski definition) is 0. The molecule has 5 heteroatoms. The van der Waals surface area contributed by atoms with Gasteiger partial charge in [0.1, 0.15) is 0 Å². The van der Waals surface area contributed by atoms with Crippen molar-refractivity contribution in [3.05, 3.63) is 66.0 Å². The average molecular weight is 383 g/mol. The van der Waals surface area contributed by atoms with E-state index >= 15 is 0 Å². The number of aromatic nitrogens is 1. The molecule has 0 aliphatic rings. The van der Waals surface area contributed by atoms with E-state index in [0.717, 1.165) is 11.1 Å². The zero-order chi connectivity index (χ0) is 20.7. The maximum Gasteiger partial charge on any atom is 0.306 e. The van der Waals surface area contributed by atoms with E-state index in [1.165, 1.54) is 7.11 Å². The second kappa shape index (κ2) is 10.0. The highest BCUT2D eigenvalue weighted by atomic mass is 16.5. The average Bonchev–Trinajstić information content (AvgIpc) is 2.68. The fourth-order valence-corrected chi connectivity index (χ4v) is 3.77. The van der Waals surface area contributed by atoms with Crippen molar-refractivity contribution in [3.8, 4) is 0 Å². The summed E-state index contributed by atoms with van der Waals surface area (Å²) in [6, 6.07) is 13.5. The van der Waals surface area contributed by atoms with Crippen LogP contribution in [0.15, 0.2) is 54.9 Å². The van der Waals surface area contributed by atoms with Gasteiger partial charge in [0.15, 0.2) is 0 Å². The van der Waals surface area contributed by atoms with Crippen molar-refractivity contribution in [1.29, 1.82) is 0 Å². The molecule has 1 aromatic carbocycles. The molecule has 28 heavy (non-hydrogen) atoms. The molecule has 5 nitrogen and oxygen atoms in total. The molecule has 0 radical (unpaired) electrons. The van der Waals surface area contributed by atoms with Crippen molar-refractivity contribution in [2.24, 2.45) is 0 Å². The van der Waals surface area contributed by atoms with Gasteiger partial charge in [0.25, 0.3) is 0 Å². The van der Waals surface area contributed by atoms with Crippen LogP contribution in [0.2, 0.25) is 0 Å². The summed E-state index contributed by atoms with van der Waals surface area (Å²) in [4.78, 5) is 32.0. The lowest BCUT2D eigenvalue weighted by Crippen LogP contribution is -2.46. The quantitative estimate of drug-likeness (QED) is 0.643. The summed E-state index contributed by atoms with van der Waals surface area (Å²) in [5.41, 5.74) is 1.79. The van der Waals surface area contributed by atoms with E-state index in [1.54, 1.807) is 12.4 Å². The van der Waals surface area contributed by atoms with Crippen molar-refractivity contribution < 1.29 is 14.3 Å². The van der Waals surface area contributed by atoms with E-state index in [1.807, 2.05) is 75.1 Å². The lowest BCUT2D eigenvalue weighted by Gasteiger charge is -2.37. The van der Waals surface area contributed by atoms with E-state index < -0.39 is 5.92 Å². The van der Waals surface area contributed by atoms with Crippen LogP contribution in [0.5, 0.6) is 0 Å². The molecular weight excluding hydrogens is 352 g/mol. The standard InChI is InChI=1S/C23H30N2O3/c1-16(2)25(17(3)4)23(27)22(19-11-13-24-14-12-19)20(15-21(26)28-5)18-9-7-6-8-10-18/h6-14,16-17,20,22H,15H2,1-5H3. The highest BCUT2D eigenvalue weighted by molar-refractivity contribution is 5.86. The molecule has 0 saturated heterocycles. The van der Waals surface area contributed by atoms with E-state index in [-0.39, 0.29) is 36.3 Å². The first-order chi connectivity index (χ1) is 13.4. The number of hydrogen-bond acceptors (Lipinski definition) is 4. The fourth-order valence-electron chi connectivity index (χ4n) is 3.77. The number of carbonyl (C=O) groups excluding carboxylic acids is 2. The van der Waals surface area contributed by atoms with Crippen molar-refractivity contribution in [3.63, 3.8) is 0 Å². The molecule has 2 unspecified atom stereocenters. The smallest absolute Gasteiger partial charge is 0.306 e. The predicted molar refractivity (Wildman–Crippen MR) is 110 cm³/mol. The first kappa shape index (κ1) is 21.6. The van der Waals surface area contributed by atoms with E-state index in [2.05, 4.69) is 4.98 Å². The van der Waals surface area contributed by atoms with Gasteiger partial charge >= 0.3 is 5.97 Å². The molecule has 0 aliphatic carbocycles. The molecule has 1 heterocycles. The number of nitrogens with zero attached hydrogens (tertiary/aromatic N) is 2. The Hall–Kier alpha value is -2.69. The summed E-state index contributed by atoms with van der Waals surface area (Å²) in [6.45, 7) is 8.05. The summed E-state index contributed by atoms with van der Waals surface area (Å²) >= 11 is 0. The number of rotatable bonds is 8. The molecule has 2 atom stereocenters. The van der Waals surface area contributed by atoms with Gasteiger partial charge in [-0.15, -0.1) is 0 Å². The van der Waals surface area contributed by atoms with Crippen LogP contribution >= 0.6 is 0 Å². The molecule has 2 aromatic rings. The zero-order valence-corrected chi connectivity index (χ0v) is 17.3. The largest absolute Gasteiger partial charge is 0.469 e. The molecule has 0 N–H and O–H groups in total. The monoisotopic (exact) mass is 382 g/mol. The molecule has 0 spiro atoms. The number of benzene rings is 1. The van der Waals surface area contributed by atoms with Crippen LogP contribution in [-0.4, -0.2) is 41.0 Å². The van der Waals surface area contributed by atoms with Crippen LogP contribution in [0.1, 0.15) is 57.1 Å². The zero-order valence-electron chi connectivity index (χ0n) is 17.3. The first-order valence-electron chi connectivity index (χ1n) is 9.70. The van der Waals surface area contributed by atoms with Crippen LogP contribution in [-0.2, 0) is 14.3 Å². The molecule has 1 amide bonds. The number of amides is 1. The molecule has 0 aliphatic heterocycles. The Morgan fingerprint density at radius 2 is 1.50 bits per heavy atom. The highest BCUT2D eigenvalue weighted by Crippen LogP contribution is 2.38. The number of ether oxygens (including phenoxy) is 1. The third kappa shape index (κ3) is 5.18. The second-order valence-electron chi connectivity index (χ2n) is 7.49. The molecule has 150 valence electrons. The second-order valence-corrected chi connectivity index (χ2v) is 7.49. The maximum atomic E-state index is 13.8. The fraction of sp³-hybridized carbons (Fsp3) is 0.435. The molecule has 2 rings (SSSR count). The van der Waals surface area contributed by atoms with Gasteiger partial charge in [0.05, 0.1) is 19.4 Å². The molecule has 1 aromatic heterocycles. The Kier molecular flexibility index (Phi) is 7.73. The summed E-state index contributed by atoms with van der Waals surface area (Å²) < 4.78 is 4.95. The Morgan fingerprint density at radius 3 is 2.00 bits per heavy atom. The Morgan fingerprint density at radius 1 is 0.929 bits per heavy atom. The van der Waals surface area contributed by atoms with Crippen LogP contribution in [0.4, 0.5) is 0 Å². The van der Waals surface area contributed by atoms with Crippen LogP contribution in [0, 0.1) is 0 Å². The van der Waals surface area contributed by atoms with Crippen molar-refractivity contribution in [1.82, 2.24) is 9.88 Å². The lowest BCUT2D eigenvalue weighted by molar-refractivity contribution is -0.142. The van der Waals surface area contributed by atoms with Gasteiger partial charge in [-0.1, -0.05) is 30.3 Å². The van der Waals surface area contributed by atoms with Crippen molar-refractivity contribution in [2.75, 3.05) is 7.11 Å². The Bertz CT molecular complexity index is 752. The van der Waals surface area contributed by atoms with Gasteiger partial charge in [-0.25, -0.2) is 0 Å². The molecule has 0 bridgehead atoms. The minimum absolute atomic E-state index is 0.00829. The number of carbonyl (C=O) groups is 2. The van der Waals surface area contributed by atoms with Crippen molar-refractivity contribution >= 4 is 11.9 Å². The predicted octanol–water partition coefficient (Wildman–Crippen LogP) is 4.16. The summed E-state index contributed by atoms with van der Waals surface area (Å²) in [7, 11) is 1.38. The SMILES string of the molecule is COC(=O)CC(c1ccccc1)C(C(=O)N(C(C)C)C(C)C)c1ccncc1. The van der Waals surface area contributed by atoms with Gasteiger partial charge in [-0.2, -0.15) is 0 Å². The van der Waals surface area contributed by atoms with Crippen LogP contribution in [0.25, 0.3) is 0 Å². The lowest BCUT2D eigenvalue weighted by atomic mass is 9.78. The van der Waals surface area contributed by atoms with Gasteiger partial charge < -0.3 is 9.64 Å². The molecule has 0 saturated carbocycles. The van der Waals surface area contributed by atoms with Crippen molar-refractivity contribution in [2.45, 2.75) is 58.0 Å². The third-order valence-electron chi connectivity index (χ3n) is 4.94. The van der Waals surface area contributed by atoms with Gasteiger partial charge in [-0.05, 0) is 51.0 Å². The topological polar surface area (TPSA) is 59.5 Å². The Balaban J connectivity index is 2.59. The summed E-state index contributed by atoms with van der Waals surface area (Å²) in [6.07, 6.45) is 3.50. The van der Waals surface area contributed by atoms with Gasteiger partial charge in [-0.3, -0.25) is 14.6 Å². The number of methoxy groups -OCH3 is 1. The van der Waals surface area contributed by atoms with Crippen LogP contribution < -0.4 is 0 Å². The van der Waals surface area contributed by atoms with E-state index in [9.17, 15) is 9.59 Å². The normalized spacial score (nSPS) is 13.2. The number of esters is 1. The maximum absolute atomic E-state index is 13.8. The van der Waals surface area contributed by atoms with E-state index in [4.69, 9.17) is 4.74 Å². The van der Waals surface area contributed by atoms with Gasteiger partial charge in [0, 0.05) is 30.4 Å². The minimum atomic E-state index is -0.505. The van der Waals surface area contributed by atoms with Gasteiger partial charge in [0.2, 0.25) is 5.91 Å². The third-order valence-corrected chi connectivity index (χ3v) is 4.94. The number of pyridine rings is 1. The van der Waals surface area contributed by atoms with E-state index in [0.29, 0.717) is 0 Å². The summed E-state index contributed by atoms with van der Waals surface area (Å²) in [5, 5.41) is 0. The van der Waals surface area contributed by atoms with Crippen LogP contribution in [0.3, 0.4) is 0 Å². The first-order valence-corrected chi connectivity index (χ1v) is 9.70. The summed E-state index contributed by atoms with van der Waals surface area (Å²) in [5.74, 6) is -1.16. The minimum Gasteiger partial charge on any atom is -0.469 e. The highest BCUT2D eigenvalue weighted by Gasteiger charge is 2.37. The Labute approximate surface area is 167 Å².